The van der Waals surface area contributed by atoms with E-state index in [-0.39, 0.29) is 6.61 Å². The van der Waals surface area contributed by atoms with Gasteiger partial charge in [0.25, 0.3) is 0 Å². The van der Waals surface area contributed by atoms with Crippen LogP contribution in [0.5, 0.6) is 0 Å². The Morgan fingerprint density at radius 1 is 0.969 bits per heavy atom. The van der Waals surface area contributed by atoms with E-state index in [2.05, 4.69) is 20.9 Å². The van der Waals surface area contributed by atoms with Crippen molar-refractivity contribution in [3.8, 4) is 11.3 Å². The summed E-state index contributed by atoms with van der Waals surface area (Å²) >= 11 is 0. The van der Waals surface area contributed by atoms with Gasteiger partial charge in [0, 0.05) is 28.0 Å². The molecule has 0 aliphatic carbocycles. The number of carbonyl (C=O) groups is 3. The van der Waals surface area contributed by atoms with Crippen LogP contribution in [0.3, 0.4) is 0 Å². The van der Waals surface area contributed by atoms with Crippen molar-refractivity contribution in [2.45, 2.75) is 32.9 Å². The number of oxazole rings is 1. The van der Waals surface area contributed by atoms with E-state index in [0.29, 0.717) is 22.7 Å². The molecule has 0 radical (unpaired) electrons. The fourth-order valence-electron chi connectivity index (χ4n) is 2.70. The fraction of sp³-hybridized carbons (Fsp3) is 0.217. The molecule has 0 aliphatic heterocycles. The molecule has 0 saturated heterocycles. The Hall–Kier alpha value is -4.14. The van der Waals surface area contributed by atoms with Gasteiger partial charge in [0.2, 0.25) is 0 Å². The lowest BCUT2D eigenvalue weighted by Gasteiger charge is -2.20. The first kappa shape index (κ1) is 22.5. The molecule has 1 heterocycles. The average Bonchev–Trinajstić information content (AvgIpc) is 3.27. The number of para-hydroxylation sites is 1. The van der Waals surface area contributed by atoms with Gasteiger partial charge in [-0.1, -0.05) is 18.2 Å². The van der Waals surface area contributed by atoms with Gasteiger partial charge in [-0.2, -0.15) is 0 Å². The van der Waals surface area contributed by atoms with Crippen molar-refractivity contribution >= 4 is 29.3 Å². The van der Waals surface area contributed by atoms with Crippen molar-refractivity contribution in [3.63, 3.8) is 0 Å². The largest absolute Gasteiger partial charge is 0.445 e. The first-order valence-electron chi connectivity index (χ1n) is 9.85. The molecular weight excluding hydrogens is 412 g/mol. The molecule has 0 fully saturated rings. The molecule has 0 saturated carbocycles. The van der Waals surface area contributed by atoms with E-state index in [1.165, 1.54) is 6.39 Å². The van der Waals surface area contributed by atoms with Crippen molar-refractivity contribution in [1.29, 1.82) is 0 Å². The van der Waals surface area contributed by atoms with Crippen LogP contribution in [-0.4, -0.2) is 28.4 Å². The van der Waals surface area contributed by atoms with E-state index in [1.807, 2.05) is 20.8 Å². The van der Waals surface area contributed by atoms with Crippen LogP contribution in [-0.2, 0) is 20.9 Å². The molecule has 3 amide bonds. The van der Waals surface area contributed by atoms with E-state index < -0.39 is 23.4 Å². The Labute approximate surface area is 185 Å². The van der Waals surface area contributed by atoms with Crippen LogP contribution in [0.2, 0.25) is 0 Å². The smallest absolute Gasteiger partial charge is 0.407 e. The number of hydrogen-bond donors (Lipinski definition) is 3. The van der Waals surface area contributed by atoms with Crippen LogP contribution in [0.15, 0.2) is 65.5 Å². The first-order valence-corrected chi connectivity index (χ1v) is 9.85. The van der Waals surface area contributed by atoms with Gasteiger partial charge < -0.3 is 25.1 Å². The van der Waals surface area contributed by atoms with Crippen molar-refractivity contribution < 1.29 is 23.5 Å². The van der Waals surface area contributed by atoms with Crippen molar-refractivity contribution in [1.82, 2.24) is 10.3 Å². The number of nitrogens with zero attached hydrogens (tertiary/aromatic N) is 1. The number of rotatable bonds is 5. The van der Waals surface area contributed by atoms with Crippen LogP contribution in [0.1, 0.15) is 26.3 Å². The molecule has 3 N–H and O–H groups in total. The zero-order valence-electron chi connectivity index (χ0n) is 18.0. The highest BCUT2D eigenvalue weighted by molar-refractivity contribution is 6.43. The number of alkyl carbamates (subject to hydrolysis) is 1. The summed E-state index contributed by atoms with van der Waals surface area (Å²) in [5.41, 5.74) is 1.72. The molecule has 166 valence electrons. The average molecular weight is 436 g/mol. The summed E-state index contributed by atoms with van der Waals surface area (Å²) < 4.78 is 10.4. The second-order valence-corrected chi connectivity index (χ2v) is 7.96. The van der Waals surface area contributed by atoms with Crippen LogP contribution >= 0.6 is 0 Å². The van der Waals surface area contributed by atoms with Gasteiger partial charge in [-0.05, 0) is 51.1 Å². The van der Waals surface area contributed by atoms with Crippen molar-refractivity contribution in [2.75, 3.05) is 10.6 Å². The van der Waals surface area contributed by atoms with Gasteiger partial charge in [0.05, 0.1) is 6.20 Å². The molecule has 3 rings (SSSR count). The van der Waals surface area contributed by atoms with E-state index in [1.54, 1.807) is 54.7 Å². The Morgan fingerprint density at radius 3 is 2.31 bits per heavy atom. The van der Waals surface area contributed by atoms with Gasteiger partial charge in [-0.25, -0.2) is 9.78 Å². The maximum atomic E-state index is 12.4. The third kappa shape index (κ3) is 6.43. The molecule has 9 nitrogen and oxygen atoms in total. The minimum absolute atomic E-state index is 0.0664. The Kier molecular flexibility index (Phi) is 6.89. The molecule has 1 aromatic heterocycles. The summed E-state index contributed by atoms with van der Waals surface area (Å²) in [7, 11) is 0. The number of carbonyl (C=O) groups excluding carboxylic acids is 3. The molecular formula is C23H24N4O5. The molecule has 32 heavy (non-hydrogen) atoms. The zero-order valence-corrected chi connectivity index (χ0v) is 18.0. The molecule has 0 bridgehead atoms. The second kappa shape index (κ2) is 9.78. The number of nitrogens with one attached hydrogen (secondary N) is 3. The number of hydrogen-bond acceptors (Lipinski definition) is 6. The minimum Gasteiger partial charge on any atom is -0.445 e. The summed E-state index contributed by atoms with van der Waals surface area (Å²) in [6.07, 6.45) is 2.33. The van der Waals surface area contributed by atoms with E-state index in [4.69, 9.17) is 9.15 Å². The molecule has 3 aromatic rings. The highest BCUT2D eigenvalue weighted by atomic mass is 16.5. The maximum Gasteiger partial charge on any atom is 0.407 e. The number of anilines is 2. The molecule has 0 aliphatic rings. The Bertz CT molecular complexity index is 1090. The molecule has 2 aromatic carbocycles. The molecule has 0 unspecified atom stereocenters. The zero-order chi connectivity index (χ0) is 23.1. The van der Waals surface area contributed by atoms with Gasteiger partial charge >= 0.3 is 17.9 Å². The summed E-state index contributed by atoms with van der Waals surface area (Å²) in [6, 6.07) is 13.5. The Morgan fingerprint density at radius 2 is 1.66 bits per heavy atom. The quantitative estimate of drug-likeness (QED) is 0.521. The number of ether oxygens (including phenoxy) is 1. The lowest BCUT2D eigenvalue weighted by atomic mass is 10.1. The highest BCUT2D eigenvalue weighted by Gasteiger charge is 2.18. The third-order valence-corrected chi connectivity index (χ3v) is 4.17. The highest BCUT2D eigenvalue weighted by Crippen LogP contribution is 2.21. The predicted molar refractivity (Wildman–Crippen MR) is 119 cm³/mol. The van der Waals surface area contributed by atoms with Crippen molar-refractivity contribution in [2.24, 2.45) is 0 Å². The molecule has 0 spiro atoms. The second-order valence-electron chi connectivity index (χ2n) is 7.96. The predicted octanol–water partition coefficient (Wildman–Crippen LogP) is 3.94. The standard InChI is InChI=1S/C23H24N4O5/c1-23(2,3)27-22(30)31-13-16-6-4-5-7-18(16)26-21(29)20(28)25-17-10-8-15(9-11-17)19-12-24-14-32-19/h4-12,14H,13H2,1-3H3,(H,25,28)(H,26,29)(H,27,30). The van der Waals surface area contributed by atoms with E-state index >= 15 is 0 Å². The summed E-state index contributed by atoms with van der Waals surface area (Å²) in [5, 5.41) is 7.77. The summed E-state index contributed by atoms with van der Waals surface area (Å²) in [6.45, 7) is 5.44. The van der Waals surface area contributed by atoms with Crippen LogP contribution < -0.4 is 16.0 Å². The molecule has 0 atom stereocenters. The third-order valence-electron chi connectivity index (χ3n) is 4.17. The number of amides is 3. The van der Waals surface area contributed by atoms with E-state index in [9.17, 15) is 14.4 Å². The van der Waals surface area contributed by atoms with Crippen molar-refractivity contribution in [3.05, 3.63) is 66.7 Å². The Balaban J connectivity index is 1.58. The normalized spacial score (nSPS) is 10.8. The summed E-state index contributed by atoms with van der Waals surface area (Å²) in [4.78, 5) is 40.4. The van der Waals surface area contributed by atoms with Crippen LogP contribution in [0.4, 0.5) is 16.2 Å². The maximum absolute atomic E-state index is 12.4. The number of benzene rings is 2. The topological polar surface area (TPSA) is 123 Å². The monoisotopic (exact) mass is 436 g/mol. The van der Waals surface area contributed by atoms with E-state index in [0.717, 1.165) is 5.56 Å². The van der Waals surface area contributed by atoms with Crippen LogP contribution in [0.25, 0.3) is 11.3 Å². The van der Waals surface area contributed by atoms with Gasteiger partial charge in [0.15, 0.2) is 12.2 Å². The van der Waals surface area contributed by atoms with Gasteiger partial charge in [0.1, 0.15) is 6.61 Å². The molecule has 9 heteroatoms. The SMILES string of the molecule is CC(C)(C)NC(=O)OCc1ccccc1NC(=O)C(=O)Nc1ccc(-c2cnco2)cc1. The number of aromatic nitrogens is 1. The summed E-state index contributed by atoms with van der Waals surface area (Å²) in [5.74, 6) is -1.09. The first-order chi connectivity index (χ1) is 15.2. The van der Waals surface area contributed by atoms with Gasteiger partial charge in [-0.15, -0.1) is 0 Å². The fourth-order valence-corrected chi connectivity index (χ4v) is 2.70. The lowest BCUT2D eigenvalue weighted by molar-refractivity contribution is -0.133. The van der Waals surface area contributed by atoms with Crippen LogP contribution in [0, 0.1) is 0 Å². The van der Waals surface area contributed by atoms with Gasteiger partial charge in [-0.3, -0.25) is 9.59 Å². The minimum atomic E-state index is -0.851. The lowest BCUT2D eigenvalue weighted by Crippen LogP contribution is -2.40.